The molecule has 0 amide bonds. The van der Waals surface area contributed by atoms with Crippen molar-refractivity contribution in [2.45, 2.75) is 51.0 Å². The Morgan fingerprint density at radius 2 is 2.24 bits per heavy atom. The lowest BCUT2D eigenvalue weighted by Gasteiger charge is -2.30. The molecule has 0 spiro atoms. The Balaban J connectivity index is 1.78. The van der Waals surface area contributed by atoms with Gasteiger partial charge in [0.2, 0.25) is 0 Å². The van der Waals surface area contributed by atoms with Crippen LogP contribution in [-0.4, -0.2) is 43.3 Å². The minimum atomic E-state index is -0.0649. The molecule has 2 N–H and O–H groups in total. The summed E-state index contributed by atoms with van der Waals surface area (Å²) in [4.78, 5) is 2.57. The minimum absolute atomic E-state index is 0.0649. The van der Waals surface area contributed by atoms with Crippen LogP contribution < -0.4 is 5.73 Å². The lowest BCUT2D eigenvalue weighted by atomic mass is 9.96. The summed E-state index contributed by atoms with van der Waals surface area (Å²) in [5.74, 6) is 0.957. The molecule has 2 atom stereocenters. The second-order valence-electron chi connectivity index (χ2n) is 6.03. The summed E-state index contributed by atoms with van der Waals surface area (Å²) in [6.45, 7) is 7.41. The first-order chi connectivity index (χ1) is 8.22. The summed E-state index contributed by atoms with van der Waals surface area (Å²) < 4.78 is 5.44. The Bertz CT molecular complexity index is 226. The minimum Gasteiger partial charge on any atom is -0.379 e. The molecule has 0 saturated carbocycles. The van der Waals surface area contributed by atoms with Crippen molar-refractivity contribution >= 4 is 0 Å². The summed E-state index contributed by atoms with van der Waals surface area (Å²) in [6.07, 6.45) is 7.90. The molecule has 0 aromatic rings. The smallest absolute Gasteiger partial charge is 0.0659 e. The molecule has 3 heteroatoms. The fourth-order valence-electron chi connectivity index (χ4n) is 3.27. The topological polar surface area (TPSA) is 38.5 Å². The Labute approximate surface area is 106 Å². The molecule has 3 nitrogen and oxygen atoms in total. The van der Waals surface area contributed by atoms with Gasteiger partial charge in [-0.3, -0.25) is 0 Å². The zero-order valence-electron chi connectivity index (χ0n) is 11.3. The molecule has 2 unspecified atom stereocenters. The Hall–Kier alpha value is -0.120. The number of hydrogen-bond donors (Lipinski definition) is 1. The molecule has 2 aliphatic heterocycles. The Morgan fingerprint density at radius 3 is 2.94 bits per heavy atom. The second kappa shape index (κ2) is 6.17. The molecule has 0 aromatic heterocycles. The van der Waals surface area contributed by atoms with Crippen molar-refractivity contribution in [3.05, 3.63) is 0 Å². The molecule has 2 saturated heterocycles. The fraction of sp³-hybridized carbons (Fsp3) is 1.00. The number of ether oxygens (including phenoxy) is 1. The molecular weight excluding hydrogens is 212 g/mol. The SMILES string of the molecule is CCCC1CCCN(CC2(N)CCOC2)CC1. The van der Waals surface area contributed by atoms with E-state index < -0.39 is 0 Å². The van der Waals surface area contributed by atoms with Gasteiger partial charge in [-0.25, -0.2) is 0 Å². The van der Waals surface area contributed by atoms with Crippen molar-refractivity contribution in [3.8, 4) is 0 Å². The lowest BCUT2D eigenvalue weighted by Crippen LogP contribution is -2.51. The van der Waals surface area contributed by atoms with Crippen LogP contribution in [0.15, 0.2) is 0 Å². The Kier molecular flexibility index (Phi) is 4.83. The molecule has 0 aromatic carbocycles. The number of hydrogen-bond acceptors (Lipinski definition) is 3. The lowest BCUT2D eigenvalue weighted by molar-refractivity contribution is 0.153. The van der Waals surface area contributed by atoms with Gasteiger partial charge in [0.25, 0.3) is 0 Å². The largest absolute Gasteiger partial charge is 0.379 e. The van der Waals surface area contributed by atoms with E-state index in [1.54, 1.807) is 0 Å². The van der Waals surface area contributed by atoms with Crippen molar-refractivity contribution < 1.29 is 4.74 Å². The summed E-state index contributed by atoms with van der Waals surface area (Å²) in [6, 6.07) is 0. The summed E-state index contributed by atoms with van der Waals surface area (Å²) in [7, 11) is 0. The molecule has 100 valence electrons. The van der Waals surface area contributed by atoms with Crippen LogP contribution in [-0.2, 0) is 4.74 Å². The van der Waals surface area contributed by atoms with Crippen LogP contribution in [0.3, 0.4) is 0 Å². The molecule has 0 aliphatic carbocycles. The first-order valence-electron chi connectivity index (χ1n) is 7.31. The molecule has 2 rings (SSSR count). The van der Waals surface area contributed by atoms with Gasteiger partial charge in [0, 0.05) is 13.2 Å². The number of nitrogens with two attached hydrogens (primary N) is 1. The molecule has 2 fully saturated rings. The summed E-state index contributed by atoms with van der Waals surface area (Å²) >= 11 is 0. The number of rotatable bonds is 4. The second-order valence-corrected chi connectivity index (χ2v) is 6.03. The summed E-state index contributed by atoms with van der Waals surface area (Å²) in [5.41, 5.74) is 6.30. The average Bonchev–Trinajstić information content (AvgIpc) is 2.60. The van der Waals surface area contributed by atoms with Crippen LogP contribution in [0.1, 0.15) is 45.4 Å². The highest BCUT2D eigenvalue weighted by molar-refractivity contribution is 4.91. The monoisotopic (exact) mass is 240 g/mol. The fourth-order valence-corrected chi connectivity index (χ4v) is 3.27. The third kappa shape index (κ3) is 3.94. The number of nitrogens with zero attached hydrogens (tertiary/aromatic N) is 1. The van der Waals surface area contributed by atoms with Gasteiger partial charge in [0.05, 0.1) is 12.1 Å². The predicted octanol–water partition coefficient (Wildman–Crippen LogP) is 2.01. The van der Waals surface area contributed by atoms with E-state index in [0.29, 0.717) is 0 Å². The van der Waals surface area contributed by atoms with E-state index in [1.165, 1.54) is 45.2 Å². The van der Waals surface area contributed by atoms with Crippen molar-refractivity contribution in [2.24, 2.45) is 11.7 Å². The predicted molar refractivity (Wildman–Crippen MR) is 71.0 cm³/mol. The van der Waals surface area contributed by atoms with Crippen LogP contribution in [0.25, 0.3) is 0 Å². The molecule has 0 radical (unpaired) electrons. The van der Waals surface area contributed by atoms with Crippen LogP contribution in [0, 0.1) is 5.92 Å². The summed E-state index contributed by atoms with van der Waals surface area (Å²) in [5, 5.41) is 0. The van der Waals surface area contributed by atoms with Crippen LogP contribution in [0.5, 0.6) is 0 Å². The van der Waals surface area contributed by atoms with Gasteiger partial charge in [0.1, 0.15) is 0 Å². The van der Waals surface area contributed by atoms with Gasteiger partial charge in [-0.2, -0.15) is 0 Å². The third-order valence-electron chi connectivity index (χ3n) is 4.31. The highest BCUT2D eigenvalue weighted by Crippen LogP contribution is 2.24. The maximum absolute atomic E-state index is 6.37. The maximum Gasteiger partial charge on any atom is 0.0659 e. The van der Waals surface area contributed by atoms with Crippen molar-refractivity contribution in [1.82, 2.24) is 4.90 Å². The van der Waals surface area contributed by atoms with E-state index in [9.17, 15) is 0 Å². The first-order valence-corrected chi connectivity index (χ1v) is 7.31. The zero-order chi connectivity index (χ0) is 12.1. The standard InChI is InChI=1S/C14H28N2O/c1-2-4-13-5-3-8-16(9-6-13)11-14(15)7-10-17-12-14/h13H,2-12,15H2,1H3. The normalized spacial score (nSPS) is 36.0. The zero-order valence-corrected chi connectivity index (χ0v) is 11.3. The van der Waals surface area contributed by atoms with Crippen molar-refractivity contribution in [1.29, 1.82) is 0 Å². The van der Waals surface area contributed by atoms with Gasteiger partial charge in [-0.05, 0) is 44.7 Å². The average molecular weight is 240 g/mol. The van der Waals surface area contributed by atoms with Crippen LogP contribution in [0.2, 0.25) is 0 Å². The maximum atomic E-state index is 6.37. The molecule has 0 bridgehead atoms. The van der Waals surface area contributed by atoms with Crippen molar-refractivity contribution in [3.63, 3.8) is 0 Å². The molecular formula is C14H28N2O. The highest BCUT2D eigenvalue weighted by atomic mass is 16.5. The van der Waals surface area contributed by atoms with E-state index in [2.05, 4.69) is 11.8 Å². The van der Waals surface area contributed by atoms with E-state index in [-0.39, 0.29) is 5.54 Å². The van der Waals surface area contributed by atoms with Gasteiger partial charge < -0.3 is 15.4 Å². The van der Waals surface area contributed by atoms with Gasteiger partial charge in [0.15, 0.2) is 0 Å². The van der Waals surface area contributed by atoms with E-state index in [1.807, 2.05) is 0 Å². The van der Waals surface area contributed by atoms with Crippen LogP contribution in [0.4, 0.5) is 0 Å². The molecule has 2 aliphatic rings. The third-order valence-corrected chi connectivity index (χ3v) is 4.31. The van der Waals surface area contributed by atoms with Gasteiger partial charge in [-0.15, -0.1) is 0 Å². The van der Waals surface area contributed by atoms with E-state index in [4.69, 9.17) is 10.5 Å². The first kappa shape index (κ1) is 13.3. The van der Waals surface area contributed by atoms with Gasteiger partial charge in [-0.1, -0.05) is 19.8 Å². The highest BCUT2D eigenvalue weighted by Gasteiger charge is 2.32. The molecule has 17 heavy (non-hydrogen) atoms. The van der Waals surface area contributed by atoms with E-state index in [0.717, 1.165) is 32.1 Å². The van der Waals surface area contributed by atoms with E-state index >= 15 is 0 Å². The number of likely N-dealkylation sites (tertiary alicyclic amines) is 1. The van der Waals surface area contributed by atoms with Crippen molar-refractivity contribution in [2.75, 3.05) is 32.8 Å². The Morgan fingerprint density at radius 1 is 1.35 bits per heavy atom. The molecule has 2 heterocycles. The van der Waals surface area contributed by atoms with Gasteiger partial charge >= 0.3 is 0 Å². The van der Waals surface area contributed by atoms with Crippen LogP contribution >= 0.6 is 0 Å². The quantitative estimate of drug-likeness (QED) is 0.817.